The molecule has 1 amide bonds. The average molecular weight is 286 g/mol. The molecule has 21 heavy (non-hydrogen) atoms. The number of likely N-dealkylation sites (N-methyl/N-ethyl adjacent to an activating group) is 1. The molecule has 0 bridgehead atoms. The predicted molar refractivity (Wildman–Crippen MR) is 83.1 cm³/mol. The van der Waals surface area contributed by atoms with Crippen molar-refractivity contribution in [2.75, 3.05) is 26.7 Å². The van der Waals surface area contributed by atoms with E-state index in [1.807, 2.05) is 25.1 Å². The Kier molecular flexibility index (Phi) is 5.38. The molecular weight excluding hydrogens is 264 g/mol. The molecule has 0 aromatic heterocycles. The molecule has 1 aliphatic rings. The second-order valence-electron chi connectivity index (χ2n) is 5.55. The molecule has 2 N–H and O–H groups in total. The van der Waals surface area contributed by atoms with Gasteiger partial charge in [-0.05, 0) is 44.6 Å². The van der Waals surface area contributed by atoms with Gasteiger partial charge in [0.1, 0.15) is 0 Å². The average Bonchev–Trinajstić information content (AvgIpc) is 2.84. The minimum absolute atomic E-state index is 0.0365. The van der Waals surface area contributed by atoms with E-state index in [-0.39, 0.29) is 18.6 Å². The Hall–Kier alpha value is -1.83. The summed E-state index contributed by atoms with van der Waals surface area (Å²) in [7, 11) is 2.06. The molecule has 0 saturated carbocycles. The van der Waals surface area contributed by atoms with Crippen LogP contribution in [0.1, 0.15) is 34.3 Å². The zero-order valence-electron chi connectivity index (χ0n) is 12.6. The van der Waals surface area contributed by atoms with Crippen molar-refractivity contribution in [2.24, 2.45) is 0 Å². The number of likely N-dealkylation sites (tertiary alicyclic amines) is 1. The molecule has 0 aliphatic carbocycles. The minimum Gasteiger partial charge on any atom is -0.395 e. The standard InChI is InChI=1S/C17H22N2O2/c1-13-6-7-16(14(11-13)5-3-4-10-20)17(21)18-15-8-9-19(2)12-15/h6-7,11,15,20H,4,8-10,12H2,1-2H3,(H,18,21). The van der Waals surface area contributed by atoms with Gasteiger partial charge in [-0.1, -0.05) is 17.9 Å². The van der Waals surface area contributed by atoms with Crippen LogP contribution in [0.3, 0.4) is 0 Å². The summed E-state index contributed by atoms with van der Waals surface area (Å²) in [5, 5.41) is 11.9. The first-order valence-corrected chi connectivity index (χ1v) is 7.30. The summed E-state index contributed by atoms with van der Waals surface area (Å²) in [4.78, 5) is 14.6. The lowest BCUT2D eigenvalue weighted by atomic mass is 10.0. The molecular formula is C17H22N2O2. The first-order chi connectivity index (χ1) is 10.1. The van der Waals surface area contributed by atoms with E-state index in [4.69, 9.17) is 5.11 Å². The maximum absolute atomic E-state index is 12.4. The molecule has 4 nitrogen and oxygen atoms in total. The van der Waals surface area contributed by atoms with Gasteiger partial charge in [0.25, 0.3) is 5.91 Å². The maximum atomic E-state index is 12.4. The largest absolute Gasteiger partial charge is 0.395 e. The van der Waals surface area contributed by atoms with Crippen LogP contribution in [0.15, 0.2) is 18.2 Å². The van der Waals surface area contributed by atoms with Crippen molar-refractivity contribution < 1.29 is 9.90 Å². The number of carbonyl (C=O) groups is 1. The zero-order chi connectivity index (χ0) is 15.2. The van der Waals surface area contributed by atoms with Crippen molar-refractivity contribution in [3.05, 3.63) is 34.9 Å². The van der Waals surface area contributed by atoms with Gasteiger partial charge in [-0.3, -0.25) is 4.79 Å². The summed E-state index contributed by atoms with van der Waals surface area (Å²) >= 11 is 0. The van der Waals surface area contributed by atoms with Gasteiger partial charge in [0.05, 0.1) is 12.2 Å². The van der Waals surface area contributed by atoms with Gasteiger partial charge < -0.3 is 15.3 Å². The summed E-state index contributed by atoms with van der Waals surface area (Å²) in [6, 6.07) is 5.88. The number of aryl methyl sites for hydroxylation is 1. The second kappa shape index (κ2) is 7.26. The van der Waals surface area contributed by atoms with Crippen LogP contribution in [0.4, 0.5) is 0 Å². The van der Waals surface area contributed by atoms with Crippen molar-refractivity contribution in [1.29, 1.82) is 0 Å². The van der Waals surface area contributed by atoms with Gasteiger partial charge in [-0.25, -0.2) is 0 Å². The summed E-state index contributed by atoms with van der Waals surface area (Å²) in [5.74, 6) is 5.81. The number of aliphatic hydroxyl groups is 1. The highest BCUT2D eigenvalue weighted by Gasteiger charge is 2.22. The molecule has 1 unspecified atom stereocenters. The fraction of sp³-hybridized carbons (Fsp3) is 0.471. The fourth-order valence-electron chi connectivity index (χ4n) is 2.49. The first kappa shape index (κ1) is 15.6. The van der Waals surface area contributed by atoms with Crippen molar-refractivity contribution in [2.45, 2.75) is 25.8 Å². The van der Waals surface area contributed by atoms with Crippen LogP contribution in [-0.2, 0) is 0 Å². The smallest absolute Gasteiger partial charge is 0.252 e. The summed E-state index contributed by atoms with van der Waals surface area (Å²) in [6.45, 7) is 3.92. The molecule has 1 atom stereocenters. The van der Waals surface area contributed by atoms with Gasteiger partial charge in [0.15, 0.2) is 0 Å². The van der Waals surface area contributed by atoms with Crippen molar-refractivity contribution in [1.82, 2.24) is 10.2 Å². The van der Waals surface area contributed by atoms with Gasteiger partial charge in [0, 0.05) is 24.6 Å². The normalized spacial score (nSPS) is 18.1. The van der Waals surface area contributed by atoms with Crippen molar-refractivity contribution in [3.63, 3.8) is 0 Å². The first-order valence-electron chi connectivity index (χ1n) is 7.30. The zero-order valence-corrected chi connectivity index (χ0v) is 12.6. The van der Waals surface area contributed by atoms with E-state index in [1.54, 1.807) is 0 Å². The van der Waals surface area contributed by atoms with Gasteiger partial charge in [-0.15, -0.1) is 0 Å². The number of aliphatic hydroxyl groups excluding tert-OH is 1. The Bertz CT molecular complexity index is 572. The van der Waals surface area contributed by atoms with Gasteiger partial charge in [-0.2, -0.15) is 0 Å². The van der Waals surface area contributed by atoms with Crippen LogP contribution < -0.4 is 5.32 Å². The minimum atomic E-state index is -0.0661. The van der Waals surface area contributed by atoms with Crippen LogP contribution in [0, 0.1) is 18.8 Å². The Morgan fingerprint density at radius 1 is 1.52 bits per heavy atom. The van der Waals surface area contributed by atoms with Gasteiger partial charge in [0.2, 0.25) is 0 Å². The molecule has 1 fully saturated rings. The van der Waals surface area contributed by atoms with E-state index in [2.05, 4.69) is 29.1 Å². The fourth-order valence-corrected chi connectivity index (χ4v) is 2.49. The van der Waals surface area contributed by atoms with Crippen LogP contribution in [0.25, 0.3) is 0 Å². The highest BCUT2D eigenvalue weighted by Crippen LogP contribution is 2.13. The number of nitrogens with one attached hydrogen (secondary N) is 1. The molecule has 0 radical (unpaired) electrons. The molecule has 1 aliphatic heterocycles. The van der Waals surface area contributed by atoms with Crippen LogP contribution in [0.2, 0.25) is 0 Å². The number of hydrogen-bond acceptors (Lipinski definition) is 3. The van der Waals surface area contributed by atoms with Crippen LogP contribution in [0.5, 0.6) is 0 Å². The number of rotatable bonds is 3. The van der Waals surface area contributed by atoms with Gasteiger partial charge >= 0.3 is 0 Å². The third-order valence-electron chi connectivity index (χ3n) is 3.61. The molecule has 112 valence electrons. The van der Waals surface area contributed by atoms with Crippen molar-refractivity contribution >= 4 is 5.91 Å². The number of nitrogens with zero attached hydrogens (tertiary/aromatic N) is 1. The van der Waals surface area contributed by atoms with Crippen molar-refractivity contribution in [3.8, 4) is 11.8 Å². The van der Waals surface area contributed by atoms with E-state index in [0.29, 0.717) is 12.0 Å². The third kappa shape index (κ3) is 4.32. The maximum Gasteiger partial charge on any atom is 0.252 e. The van der Waals surface area contributed by atoms with E-state index in [1.165, 1.54) is 0 Å². The monoisotopic (exact) mass is 286 g/mol. The molecule has 1 heterocycles. The highest BCUT2D eigenvalue weighted by molar-refractivity contribution is 5.97. The third-order valence-corrected chi connectivity index (χ3v) is 3.61. The molecule has 2 rings (SSSR count). The van der Waals surface area contributed by atoms with E-state index in [0.717, 1.165) is 30.6 Å². The lowest BCUT2D eigenvalue weighted by molar-refractivity contribution is 0.0938. The van der Waals surface area contributed by atoms with Crippen LogP contribution in [-0.4, -0.2) is 48.7 Å². The quantitative estimate of drug-likeness (QED) is 0.820. The Labute approximate surface area is 126 Å². The summed E-state index contributed by atoms with van der Waals surface area (Å²) in [6.07, 6.45) is 1.40. The SMILES string of the molecule is Cc1ccc(C(=O)NC2CCN(C)C2)c(C#CCCO)c1. The van der Waals surface area contributed by atoms with E-state index >= 15 is 0 Å². The number of amides is 1. The lowest BCUT2D eigenvalue weighted by Crippen LogP contribution is -2.36. The molecule has 1 aromatic rings. The lowest BCUT2D eigenvalue weighted by Gasteiger charge is -2.14. The molecule has 1 saturated heterocycles. The number of hydrogen-bond donors (Lipinski definition) is 2. The van der Waals surface area contributed by atoms with Crippen LogP contribution >= 0.6 is 0 Å². The van der Waals surface area contributed by atoms with E-state index in [9.17, 15) is 4.79 Å². The molecule has 1 aromatic carbocycles. The Morgan fingerprint density at radius 2 is 2.33 bits per heavy atom. The Morgan fingerprint density at radius 3 is 3.00 bits per heavy atom. The second-order valence-corrected chi connectivity index (χ2v) is 5.55. The molecule has 4 heteroatoms. The topological polar surface area (TPSA) is 52.6 Å². The highest BCUT2D eigenvalue weighted by atomic mass is 16.2. The Balaban J connectivity index is 2.14. The summed E-state index contributed by atoms with van der Waals surface area (Å²) < 4.78 is 0. The number of benzene rings is 1. The molecule has 0 spiro atoms. The predicted octanol–water partition coefficient (Wildman–Crippen LogP) is 1.16. The summed E-state index contributed by atoms with van der Waals surface area (Å²) in [5.41, 5.74) is 2.41. The number of carbonyl (C=O) groups excluding carboxylic acids is 1. The van der Waals surface area contributed by atoms with E-state index < -0.39 is 0 Å².